The summed E-state index contributed by atoms with van der Waals surface area (Å²) >= 11 is 0. The van der Waals surface area contributed by atoms with Crippen LogP contribution in [-0.2, 0) is 6.18 Å². The Morgan fingerprint density at radius 2 is 0.903 bits per heavy atom. The summed E-state index contributed by atoms with van der Waals surface area (Å²) in [5.74, 6) is 0. The van der Waals surface area contributed by atoms with Gasteiger partial charge in [0.2, 0.25) is 0 Å². The number of aryl methyl sites for hydroxylation is 6. The lowest BCUT2D eigenvalue weighted by atomic mass is 9.93. The van der Waals surface area contributed by atoms with E-state index in [1.807, 2.05) is 48.5 Å². The van der Waals surface area contributed by atoms with Gasteiger partial charge in [-0.2, -0.15) is 13.2 Å². The van der Waals surface area contributed by atoms with E-state index >= 15 is 0 Å². The van der Waals surface area contributed by atoms with Crippen molar-refractivity contribution >= 4 is 49.3 Å². The van der Waals surface area contributed by atoms with Crippen molar-refractivity contribution in [1.82, 2.24) is 9.13 Å². The van der Waals surface area contributed by atoms with Crippen molar-refractivity contribution in [3.8, 4) is 44.8 Å². The molecular formula is C56H42F3N3. The molecule has 302 valence electrons. The van der Waals surface area contributed by atoms with Gasteiger partial charge in [0.05, 0.1) is 39.9 Å². The van der Waals surface area contributed by atoms with Crippen LogP contribution in [0.15, 0.2) is 146 Å². The van der Waals surface area contributed by atoms with Crippen molar-refractivity contribution in [2.24, 2.45) is 0 Å². The molecule has 10 rings (SSSR count). The zero-order chi connectivity index (χ0) is 43.2. The van der Waals surface area contributed by atoms with E-state index in [-0.39, 0.29) is 0 Å². The Labute approximate surface area is 358 Å². The fraction of sp³-hybridized carbons (Fsp3) is 0.125. The number of hydrogen-bond acceptors (Lipinski definition) is 0. The standard InChI is InChI=1S/C56H42F3N3/c1-32-24-34(3)54(35(4)25-32)38-16-21-50-45(28-38)42-12-8-10-14-48(42)61(50)52-23-18-40(56(57,58)59)30-47(52)44-20-19-41(60-7)31-53(44)62-49-15-11-9-13-43(49)46-29-39(17-22-51(46)62)55-36(5)26-33(2)27-37(55)6/h8-31H,1-6H3. The summed E-state index contributed by atoms with van der Waals surface area (Å²) in [7, 11) is 0. The van der Waals surface area contributed by atoms with Crippen molar-refractivity contribution < 1.29 is 13.2 Å². The lowest BCUT2D eigenvalue weighted by Crippen LogP contribution is -2.08. The lowest BCUT2D eigenvalue weighted by molar-refractivity contribution is -0.137. The highest BCUT2D eigenvalue weighted by molar-refractivity contribution is 6.13. The van der Waals surface area contributed by atoms with E-state index in [0.717, 1.165) is 54.7 Å². The van der Waals surface area contributed by atoms with Gasteiger partial charge >= 0.3 is 6.18 Å². The van der Waals surface area contributed by atoms with Crippen LogP contribution in [0, 0.1) is 48.1 Å². The van der Waals surface area contributed by atoms with Crippen LogP contribution in [0.4, 0.5) is 18.9 Å². The third-order valence-electron chi connectivity index (χ3n) is 12.5. The second kappa shape index (κ2) is 14.4. The topological polar surface area (TPSA) is 14.2 Å². The summed E-state index contributed by atoms with van der Waals surface area (Å²) < 4.78 is 48.8. The van der Waals surface area contributed by atoms with Crippen molar-refractivity contribution in [3.05, 3.63) is 196 Å². The Balaban J connectivity index is 1.26. The fourth-order valence-corrected chi connectivity index (χ4v) is 10.2. The summed E-state index contributed by atoms with van der Waals surface area (Å²) in [5, 5.41) is 4.02. The van der Waals surface area contributed by atoms with Crippen molar-refractivity contribution in [1.29, 1.82) is 0 Å². The van der Waals surface area contributed by atoms with E-state index in [0.29, 0.717) is 28.2 Å². The maximum atomic E-state index is 14.9. The van der Waals surface area contributed by atoms with Gasteiger partial charge in [0.25, 0.3) is 0 Å². The average Bonchev–Trinajstić information content (AvgIpc) is 3.74. The molecule has 2 aromatic heterocycles. The molecule has 6 heteroatoms. The molecule has 0 spiro atoms. The molecule has 0 radical (unpaired) electrons. The van der Waals surface area contributed by atoms with Crippen LogP contribution in [-0.4, -0.2) is 9.13 Å². The Kier molecular flexibility index (Phi) is 9.01. The highest BCUT2D eigenvalue weighted by atomic mass is 19.4. The molecule has 0 amide bonds. The minimum Gasteiger partial charge on any atom is -0.310 e. The molecule has 62 heavy (non-hydrogen) atoms. The largest absolute Gasteiger partial charge is 0.416 e. The van der Waals surface area contributed by atoms with E-state index in [2.05, 4.69) is 128 Å². The van der Waals surface area contributed by atoms with Crippen LogP contribution in [0.2, 0.25) is 0 Å². The van der Waals surface area contributed by atoms with E-state index in [9.17, 15) is 13.2 Å². The first kappa shape index (κ1) is 38.8. The summed E-state index contributed by atoms with van der Waals surface area (Å²) in [6, 6.07) is 47.3. The maximum Gasteiger partial charge on any atom is 0.416 e. The first-order valence-corrected chi connectivity index (χ1v) is 20.8. The average molecular weight is 814 g/mol. The highest BCUT2D eigenvalue weighted by Gasteiger charge is 2.32. The third kappa shape index (κ3) is 6.19. The Bertz CT molecular complexity index is 3490. The fourth-order valence-electron chi connectivity index (χ4n) is 10.2. The van der Waals surface area contributed by atoms with Gasteiger partial charge < -0.3 is 9.13 Å². The molecular weight excluding hydrogens is 772 g/mol. The minimum atomic E-state index is -4.60. The summed E-state index contributed by atoms with van der Waals surface area (Å²) in [6.07, 6.45) is -4.60. The summed E-state index contributed by atoms with van der Waals surface area (Å²) in [5.41, 5.74) is 17.1. The van der Waals surface area contributed by atoms with Crippen molar-refractivity contribution in [2.45, 2.75) is 47.7 Å². The Hall–Kier alpha value is -7.36. The molecule has 0 aliphatic carbocycles. The molecule has 3 nitrogen and oxygen atoms in total. The zero-order valence-corrected chi connectivity index (χ0v) is 35.3. The number of alkyl halides is 3. The third-order valence-corrected chi connectivity index (χ3v) is 12.5. The molecule has 2 heterocycles. The molecule has 0 bridgehead atoms. The van der Waals surface area contributed by atoms with Gasteiger partial charge in [-0.25, -0.2) is 4.85 Å². The van der Waals surface area contributed by atoms with Gasteiger partial charge in [-0.1, -0.05) is 96.1 Å². The van der Waals surface area contributed by atoms with Crippen molar-refractivity contribution in [2.75, 3.05) is 0 Å². The predicted molar refractivity (Wildman–Crippen MR) is 251 cm³/mol. The molecule has 0 saturated heterocycles. The van der Waals surface area contributed by atoms with E-state index in [1.165, 1.54) is 56.6 Å². The number of para-hydroxylation sites is 2. The molecule has 0 unspecified atom stereocenters. The Morgan fingerprint density at radius 3 is 1.39 bits per heavy atom. The molecule has 0 N–H and O–H groups in total. The van der Waals surface area contributed by atoms with Gasteiger partial charge in [-0.05, 0) is 147 Å². The van der Waals surface area contributed by atoms with Crippen LogP contribution in [0.3, 0.4) is 0 Å². The van der Waals surface area contributed by atoms with Gasteiger partial charge in [0.15, 0.2) is 5.69 Å². The number of hydrogen-bond donors (Lipinski definition) is 0. The van der Waals surface area contributed by atoms with Crippen LogP contribution >= 0.6 is 0 Å². The van der Waals surface area contributed by atoms with Crippen LogP contribution in [0.5, 0.6) is 0 Å². The second-order valence-electron chi connectivity index (χ2n) is 16.8. The quantitative estimate of drug-likeness (QED) is 0.154. The van der Waals surface area contributed by atoms with Crippen molar-refractivity contribution in [3.63, 3.8) is 0 Å². The van der Waals surface area contributed by atoms with Gasteiger partial charge in [0, 0.05) is 38.4 Å². The highest BCUT2D eigenvalue weighted by Crippen LogP contribution is 2.45. The monoisotopic (exact) mass is 813 g/mol. The molecule has 0 saturated carbocycles. The van der Waals surface area contributed by atoms with Gasteiger partial charge in [-0.3, -0.25) is 0 Å². The molecule has 0 atom stereocenters. The van der Waals surface area contributed by atoms with Crippen LogP contribution in [0.25, 0.3) is 93.2 Å². The van der Waals surface area contributed by atoms with Crippen LogP contribution < -0.4 is 0 Å². The summed E-state index contributed by atoms with van der Waals surface area (Å²) in [6.45, 7) is 20.8. The first-order chi connectivity index (χ1) is 29.8. The number of fused-ring (bicyclic) bond motifs is 6. The summed E-state index contributed by atoms with van der Waals surface area (Å²) in [4.78, 5) is 3.83. The maximum absolute atomic E-state index is 14.9. The number of rotatable bonds is 5. The van der Waals surface area contributed by atoms with E-state index < -0.39 is 11.7 Å². The molecule has 0 aliphatic rings. The minimum absolute atomic E-state index is 0.386. The normalized spacial score (nSPS) is 11.9. The molecule has 0 aliphatic heterocycles. The number of halogens is 3. The lowest BCUT2D eigenvalue weighted by Gasteiger charge is -2.21. The number of nitrogens with zero attached hydrogens (tertiary/aromatic N) is 3. The molecule has 8 aromatic carbocycles. The Morgan fingerprint density at radius 1 is 0.435 bits per heavy atom. The zero-order valence-electron chi connectivity index (χ0n) is 35.3. The number of aromatic nitrogens is 2. The van der Waals surface area contributed by atoms with Crippen LogP contribution in [0.1, 0.15) is 38.9 Å². The molecule has 10 aromatic rings. The van der Waals surface area contributed by atoms with E-state index in [4.69, 9.17) is 6.57 Å². The molecule has 0 fully saturated rings. The number of benzene rings is 8. The predicted octanol–water partition coefficient (Wildman–Crippen LogP) is 16.3. The second-order valence-corrected chi connectivity index (χ2v) is 16.8. The van der Waals surface area contributed by atoms with Gasteiger partial charge in [0.1, 0.15) is 0 Å². The van der Waals surface area contributed by atoms with E-state index in [1.54, 1.807) is 12.1 Å². The first-order valence-electron chi connectivity index (χ1n) is 20.8. The SMILES string of the molecule is [C-]#[N+]c1ccc(-c2cc(C(F)(F)F)ccc2-n2c3ccccc3c3cc(-c4c(C)cc(C)cc4C)ccc32)c(-n2c3ccccc3c3cc(-c4c(C)cc(C)cc4C)ccc32)c1. The van der Waals surface area contributed by atoms with Gasteiger partial charge in [-0.15, -0.1) is 0 Å². The smallest absolute Gasteiger partial charge is 0.310 e.